The molecule has 34 heavy (non-hydrogen) atoms. The molecule has 0 unspecified atom stereocenters. The number of nitrogens with one attached hydrogen (secondary N) is 1. The van der Waals surface area contributed by atoms with Crippen molar-refractivity contribution in [3.63, 3.8) is 0 Å². The number of fused-ring (bicyclic) bond motifs is 2. The Kier molecular flexibility index (Phi) is 7.42. The fraction of sp³-hybridized carbons (Fsp3) is 0.444. The average Bonchev–Trinajstić information content (AvgIpc) is 2.87. The molecule has 0 spiro atoms. The van der Waals surface area contributed by atoms with E-state index in [2.05, 4.69) is 35.3 Å². The lowest BCUT2D eigenvalue weighted by molar-refractivity contribution is -0.119. The highest BCUT2D eigenvalue weighted by Gasteiger charge is 2.17. The van der Waals surface area contributed by atoms with Crippen LogP contribution in [-0.2, 0) is 28.9 Å². The molecule has 1 amide bonds. The Morgan fingerprint density at radius 3 is 2.74 bits per heavy atom. The molecule has 5 rings (SSSR count). The number of rotatable bonds is 7. The van der Waals surface area contributed by atoms with Gasteiger partial charge in [-0.1, -0.05) is 48.2 Å². The van der Waals surface area contributed by atoms with Crippen molar-refractivity contribution in [2.24, 2.45) is 0 Å². The molecule has 2 heterocycles. The summed E-state index contributed by atoms with van der Waals surface area (Å²) in [6.07, 6.45) is 4.86. The summed E-state index contributed by atoms with van der Waals surface area (Å²) >= 11 is 1.49. The Balaban J connectivity index is 1.25. The molecule has 2 aliphatic rings. The van der Waals surface area contributed by atoms with Gasteiger partial charge in [0.25, 0.3) is 0 Å². The summed E-state index contributed by atoms with van der Waals surface area (Å²) in [4.78, 5) is 24.8. The Hall–Kier alpha value is -2.48. The summed E-state index contributed by atoms with van der Waals surface area (Å²) in [5, 5.41) is 5.04. The first-order valence-corrected chi connectivity index (χ1v) is 13.2. The Bertz CT molecular complexity index is 1160. The topological polar surface area (TPSA) is 67.4 Å². The van der Waals surface area contributed by atoms with Gasteiger partial charge >= 0.3 is 0 Å². The smallest absolute Gasteiger partial charge is 0.230 e. The molecule has 178 valence electrons. The van der Waals surface area contributed by atoms with Crippen LogP contribution in [0.3, 0.4) is 0 Å². The molecule has 0 bridgehead atoms. The normalized spacial score (nSPS) is 17.3. The van der Waals surface area contributed by atoms with Crippen molar-refractivity contribution in [1.82, 2.24) is 20.2 Å². The van der Waals surface area contributed by atoms with Gasteiger partial charge in [0.15, 0.2) is 0 Å². The van der Waals surface area contributed by atoms with E-state index < -0.39 is 0 Å². The van der Waals surface area contributed by atoms with E-state index >= 15 is 0 Å². The van der Waals surface area contributed by atoms with Gasteiger partial charge in [0, 0.05) is 18.5 Å². The third-order valence-corrected chi connectivity index (χ3v) is 7.66. The summed E-state index contributed by atoms with van der Waals surface area (Å²) in [7, 11) is 0. The van der Waals surface area contributed by atoms with Crippen molar-refractivity contribution in [3.8, 4) is 0 Å². The number of carbonyl (C=O) groups excluding carboxylic acids is 1. The zero-order valence-electron chi connectivity index (χ0n) is 19.8. The van der Waals surface area contributed by atoms with Crippen LogP contribution in [0.15, 0.2) is 47.5 Å². The Morgan fingerprint density at radius 1 is 1.09 bits per heavy atom. The van der Waals surface area contributed by atoms with E-state index in [0.29, 0.717) is 12.3 Å². The van der Waals surface area contributed by atoms with Crippen molar-refractivity contribution in [2.75, 3.05) is 32.1 Å². The summed E-state index contributed by atoms with van der Waals surface area (Å²) in [6.45, 7) is 6.04. The predicted octanol–water partition coefficient (Wildman–Crippen LogP) is 4.31. The van der Waals surface area contributed by atoms with E-state index in [4.69, 9.17) is 14.7 Å². The van der Waals surface area contributed by atoms with E-state index in [9.17, 15) is 4.79 Å². The molecular formula is C27H32N4O2S. The second kappa shape index (κ2) is 10.8. The number of benzene rings is 2. The van der Waals surface area contributed by atoms with Crippen LogP contribution in [0.2, 0.25) is 0 Å². The van der Waals surface area contributed by atoms with E-state index in [1.807, 2.05) is 24.3 Å². The lowest BCUT2D eigenvalue weighted by atomic mass is 9.89. The lowest BCUT2D eigenvalue weighted by Crippen LogP contribution is -2.36. The second-order valence-electron chi connectivity index (χ2n) is 9.16. The molecule has 1 atom stereocenters. The number of ether oxygens (including phenoxy) is 1. The molecule has 6 nitrogen and oxygen atoms in total. The molecule has 1 saturated heterocycles. The van der Waals surface area contributed by atoms with Gasteiger partial charge in [-0.05, 0) is 55.4 Å². The standard InChI is InChI=1S/C27H32N4O2S/c1-19(21-11-10-20-6-2-3-7-22(20)16-21)28-26(32)18-34-27-23-8-4-5-9-24(23)29-25(30-27)17-31-12-14-33-15-13-31/h4-5,8-11,16,19H,2-3,6-7,12-15,17-18H2,1H3,(H,28,32)/t19-/m0/s1. The molecule has 1 N–H and O–H groups in total. The van der Waals surface area contributed by atoms with Gasteiger partial charge in [-0.25, -0.2) is 9.97 Å². The minimum absolute atomic E-state index is 0.0145. The molecule has 1 aromatic heterocycles. The van der Waals surface area contributed by atoms with E-state index in [1.165, 1.54) is 47.7 Å². The number of carbonyl (C=O) groups is 1. The first-order valence-electron chi connectivity index (χ1n) is 12.3. The van der Waals surface area contributed by atoms with Crippen molar-refractivity contribution in [2.45, 2.75) is 50.2 Å². The Labute approximate surface area is 205 Å². The maximum atomic E-state index is 12.8. The zero-order valence-corrected chi connectivity index (χ0v) is 20.6. The van der Waals surface area contributed by atoms with E-state index in [-0.39, 0.29) is 11.9 Å². The molecule has 2 aromatic carbocycles. The van der Waals surface area contributed by atoms with Gasteiger partial charge in [0.1, 0.15) is 10.9 Å². The van der Waals surface area contributed by atoms with Gasteiger partial charge in [0.05, 0.1) is 37.1 Å². The number of aryl methyl sites for hydroxylation is 2. The Morgan fingerprint density at radius 2 is 1.88 bits per heavy atom. The predicted molar refractivity (Wildman–Crippen MR) is 136 cm³/mol. The van der Waals surface area contributed by atoms with Gasteiger partial charge in [-0.15, -0.1) is 0 Å². The molecular weight excluding hydrogens is 444 g/mol. The van der Waals surface area contributed by atoms with Crippen molar-refractivity contribution in [3.05, 3.63) is 65.0 Å². The number of aromatic nitrogens is 2. The van der Waals surface area contributed by atoms with Gasteiger partial charge < -0.3 is 10.1 Å². The van der Waals surface area contributed by atoms with Crippen LogP contribution in [0.1, 0.15) is 48.3 Å². The molecule has 1 aliphatic carbocycles. The highest BCUT2D eigenvalue weighted by atomic mass is 32.2. The lowest BCUT2D eigenvalue weighted by Gasteiger charge is -2.25. The van der Waals surface area contributed by atoms with E-state index in [0.717, 1.165) is 54.5 Å². The highest BCUT2D eigenvalue weighted by molar-refractivity contribution is 8.00. The highest BCUT2D eigenvalue weighted by Crippen LogP contribution is 2.27. The molecule has 1 aliphatic heterocycles. The number of hydrogen-bond donors (Lipinski definition) is 1. The van der Waals surface area contributed by atoms with E-state index in [1.54, 1.807) is 0 Å². The SMILES string of the molecule is C[C@H](NC(=O)CSc1nc(CN2CCOCC2)nc2ccccc12)c1ccc2c(c1)CCCC2. The summed E-state index contributed by atoms with van der Waals surface area (Å²) in [5.41, 5.74) is 5.01. The van der Waals surface area contributed by atoms with Crippen LogP contribution < -0.4 is 5.32 Å². The minimum atomic E-state index is -0.0145. The largest absolute Gasteiger partial charge is 0.379 e. The van der Waals surface area contributed by atoms with Gasteiger partial charge in [0.2, 0.25) is 5.91 Å². The zero-order chi connectivity index (χ0) is 23.3. The van der Waals surface area contributed by atoms with Crippen LogP contribution in [0.4, 0.5) is 0 Å². The summed E-state index contributed by atoms with van der Waals surface area (Å²) in [5.74, 6) is 1.14. The summed E-state index contributed by atoms with van der Waals surface area (Å²) in [6, 6.07) is 14.7. The van der Waals surface area contributed by atoms with Crippen molar-refractivity contribution in [1.29, 1.82) is 0 Å². The molecule has 1 fully saturated rings. The van der Waals surface area contributed by atoms with Crippen LogP contribution in [0, 0.1) is 0 Å². The molecule has 0 radical (unpaired) electrons. The quantitative estimate of drug-likeness (QED) is 0.405. The van der Waals surface area contributed by atoms with Crippen LogP contribution in [0.25, 0.3) is 10.9 Å². The van der Waals surface area contributed by atoms with Crippen LogP contribution in [0.5, 0.6) is 0 Å². The van der Waals surface area contributed by atoms with Crippen LogP contribution in [-0.4, -0.2) is 52.8 Å². The maximum Gasteiger partial charge on any atom is 0.230 e. The summed E-state index contributed by atoms with van der Waals surface area (Å²) < 4.78 is 5.46. The third kappa shape index (κ3) is 5.59. The first-order chi connectivity index (χ1) is 16.7. The second-order valence-corrected chi connectivity index (χ2v) is 10.1. The monoisotopic (exact) mass is 476 g/mol. The minimum Gasteiger partial charge on any atom is -0.379 e. The number of para-hydroxylation sites is 1. The van der Waals surface area contributed by atoms with Gasteiger partial charge in [-0.3, -0.25) is 9.69 Å². The maximum absolute atomic E-state index is 12.8. The van der Waals surface area contributed by atoms with Crippen molar-refractivity contribution >= 4 is 28.6 Å². The average molecular weight is 477 g/mol. The van der Waals surface area contributed by atoms with Crippen molar-refractivity contribution < 1.29 is 9.53 Å². The third-order valence-electron chi connectivity index (χ3n) is 6.67. The van der Waals surface area contributed by atoms with Gasteiger partial charge in [-0.2, -0.15) is 0 Å². The molecule has 3 aromatic rings. The number of amides is 1. The van der Waals surface area contributed by atoms with Crippen LogP contribution >= 0.6 is 11.8 Å². The molecule has 0 saturated carbocycles. The number of hydrogen-bond acceptors (Lipinski definition) is 6. The number of morpholine rings is 1. The fourth-order valence-electron chi connectivity index (χ4n) is 4.76. The fourth-order valence-corrected chi connectivity index (χ4v) is 5.61. The first kappa shape index (κ1) is 23.3. The molecule has 7 heteroatoms. The number of thioether (sulfide) groups is 1. The number of nitrogens with zero attached hydrogens (tertiary/aromatic N) is 3.